The Hall–Kier alpha value is -2.36. The Labute approximate surface area is 116 Å². The first-order chi connectivity index (χ1) is 9.83. The lowest BCUT2D eigenvalue weighted by molar-refractivity contribution is 0.0955. The molecule has 2 unspecified atom stereocenters. The summed E-state index contributed by atoms with van der Waals surface area (Å²) in [4.78, 5) is 15.3. The van der Waals surface area contributed by atoms with E-state index >= 15 is 0 Å². The molecule has 0 radical (unpaired) electrons. The number of H-pyrrole nitrogens is 1. The number of hydrogen-bond donors (Lipinski definition) is 2. The number of allylic oxidation sites excluding steroid dienone is 2. The minimum Gasteiger partial charge on any atom is -0.360 e. The summed E-state index contributed by atoms with van der Waals surface area (Å²) in [7, 11) is 0. The van der Waals surface area contributed by atoms with Crippen LogP contribution in [0.3, 0.4) is 0 Å². The van der Waals surface area contributed by atoms with Crippen molar-refractivity contribution in [2.24, 2.45) is 16.9 Å². The maximum atomic E-state index is 12.2. The molecule has 4 nitrogen and oxygen atoms in total. The normalized spacial score (nSPS) is 25.7. The van der Waals surface area contributed by atoms with E-state index in [1.807, 2.05) is 24.3 Å². The second kappa shape index (κ2) is 4.34. The summed E-state index contributed by atoms with van der Waals surface area (Å²) in [5.74, 6) is 1.03. The number of carbonyl (C=O) groups excluding carboxylic acids is 1. The average Bonchev–Trinajstić information content (AvgIpc) is 3.03. The fourth-order valence-electron chi connectivity index (χ4n) is 3.11. The highest BCUT2D eigenvalue weighted by Gasteiger charge is 2.38. The molecule has 1 heterocycles. The van der Waals surface area contributed by atoms with Gasteiger partial charge in [-0.2, -0.15) is 5.10 Å². The van der Waals surface area contributed by atoms with Crippen molar-refractivity contribution >= 4 is 22.5 Å². The van der Waals surface area contributed by atoms with Gasteiger partial charge in [0.25, 0.3) is 5.91 Å². The van der Waals surface area contributed by atoms with Crippen molar-refractivity contribution in [2.45, 2.75) is 12.8 Å². The number of hydrogen-bond acceptors (Lipinski definition) is 2. The number of carbonyl (C=O) groups is 1. The van der Waals surface area contributed by atoms with Gasteiger partial charge in [0.15, 0.2) is 0 Å². The minimum absolute atomic E-state index is 0.149. The second-order valence-corrected chi connectivity index (χ2v) is 5.43. The largest absolute Gasteiger partial charge is 0.360 e. The zero-order valence-corrected chi connectivity index (χ0v) is 11.0. The van der Waals surface area contributed by atoms with Gasteiger partial charge in [0.05, 0.1) is 5.56 Å². The van der Waals surface area contributed by atoms with Crippen molar-refractivity contribution in [3.8, 4) is 0 Å². The molecule has 1 aromatic carbocycles. The number of nitrogens with zero attached hydrogens (tertiary/aromatic N) is 1. The van der Waals surface area contributed by atoms with Crippen LogP contribution in [0.15, 0.2) is 47.7 Å². The van der Waals surface area contributed by atoms with Gasteiger partial charge in [0.1, 0.15) is 0 Å². The smallest absolute Gasteiger partial charge is 0.273 e. The number of para-hydroxylation sites is 1. The van der Waals surface area contributed by atoms with Crippen molar-refractivity contribution < 1.29 is 4.79 Å². The molecule has 0 spiro atoms. The van der Waals surface area contributed by atoms with E-state index in [0.29, 0.717) is 17.4 Å². The van der Waals surface area contributed by atoms with Crippen LogP contribution in [0, 0.1) is 11.8 Å². The zero-order chi connectivity index (χ0) is 13.5. The van der Waals surface area contributed by atoms with E-state index in [0.717, 1.165) is 29.5 Å². The molecule has 0 saturated heterocycles. The van der Waals surface area contributed by atoms with Crippen molar-refractivity contribution in [3.63, 3.8) is 0 Å². The molecular formula is C16H15N3O. The molecule has 2 aliphatic carbocycles. The third kappa shape index (κ3) is 1.68. The topological polar surface area (TPSA) is 57.2 Å². The number of rotatable bonds is 2. The van der Waals surface area contributed by atoms with Crippen molar-refractivity contribution in [2.75, 3.05) is 0 Å². The quantitative estimate of drug-likeness (QED) is 0.636. The van der Waals surface area contributed by atoms with E-state index < -0.39 is 0 Å². The molecule has 1 amide bonds. The first kappa shape index (κ1) is 11.5. The van der Waals surface area contributed by atoms with Crippen molar-refractivity contribution in [1.29, 1.82) is 0 Å². The Morgan fingerprint density at radius 1 is 1.35 bits per heavy atom. The van der Waals surface area contributed by atoms with Gasteiger partial charge in [-0.15, -0.1) is 0 Å². The molecule has 4 heteroatoms. The van der Waals surface area contributed by atoms with Crippen molar-refractivity contribution in [1.82, 2.24) is 10.4 Å². The summed E-state index contributed by atoms with van der Waals surface area (Å²) < 4.78 is 0. The summed E-state index contributed by atoms with van der Waals surface area (Å²) >= 11 is 0. The Balaban J connectivity index is 1.52. The van der Waals surface area contributed by atoms with Crippen LogP contribution in [-0.2, 0) is 0 Å². The molecule has 2 aromatic rings. The third-order valence-corrected chi connectivity index (χ3v) is 4.30. The number of fused-ring (bicyclic) bond motifs is 2. The van der Waals surface area contributed by atoms with Crippen LogP contribution in [-0.4, -0.2) is 16.6 Å². The summed E-state index contributed by atoms with van der Waals surface area (Å²) in [6.45, 7) is 0. The average molecular weight is 265 g/mol. The number of benzene rings is 1. The molecule has 1 saturated carbocycles. The van der Waals surface area contributed by atoms with Gasteiger partial charge in [0, 0.05) is 28.7 Å². The lowest BCUT2D eigenvalue weighted by atomic mass is 9.74. The van der Waals surface area contributed by atoms with Gasteiger partial charge in [-0.05, 0) is 24.8 Å². The number of aromatic amines is 1. The molecule has 2 atom stereocenters. The van der Waals surface area contributed by atoms with Gasteiger partial charge in [-0.25, -0.2) is 5.43 Å². The van der Waals surface area contributed by atoms with Crippen LogP contribution < -0.4 is 5.43 Å². The SMILES string of the molecule is O=C(N/N=C1\CC2C=CCC12)c1c[nH]c2ccccc12. The predicted octanol–water partition coefficient (Wildman–Crippen LogP) is 2.85. The number of nitrogens with one attached hydrogen (secondary N) is 2. The number of aromatic nitrogens is 1. The minimum atomic E-state index is -0.149. The van der Waals surface area contributed by atoms with Crippen LogP contribution in [0.4, 0.5) is 0 Å². The summed E-state index contributed by atoms with van der Waals surface area (Å²) in [5.41, 5.74) is 5.42. The highest BCUT2D eigenvalue weighted by atomic mass is 16.2. The lowest BCUT2D eigenvalue weighted by Crippen LogP contribution is -2.35. The van der Waals surface area contributed by atoms with E-state index in [1.165, 1.54) is 0 Å². The van der Waals surface area contributed by atoms with Gasteiger partial charge < -0.3 is 4.98 Å². The van der Waals surface area contributed by atoms with E-state index in [9.17, 15) is 4.79 Å². The van der Waals surface area contributed by atoms with E-state index in [1.54, 1.807) is 6.20 Å². The van der Waals surface area contributed by atoms with E-state index in [-0.39, 0.29) is 5.91 Å². The van der Waals surface area contributed by atoms with Crippen LogP contribution in [0.1, 0.15) is 23.2 Å². The second-order valence-electron chi connectivity index (χ2n) is 5.43. The molecule has 2 aliphatic rings. The Morgan fingerprint density at radius 3 is 3.15 bits per heavy atom. The van der Waals surface area contributed by atoms with Gasteiger partial charge in [0.2, 0.25) is 0 Å². The van der Waals surface area contributed by atoms with Crippen LogP contribution in [0.25, 0.3) is 10.9 Å². The number of amides is 1. The molecular weight excluding hydrogens is 250 g/mol. The Kier molecular flexibility index (Phi) is 2.49. The van der Waals surface area contributed by atoms with Crippen LogP contribution in [0.5, 0.6) is 0 Å². The lowest BCUT2D eigenvalue weighted by Gasteiger charge is -2.31. The summed E-state index contributed by atoms with van der Waals surface area (Å²) in [5, 5.41) is 5.23. The van der Waals surface area contributed by atoms with Gasteiger partial charge >= 0.3 is 0 Å². The highest BCUT2D eigenvalue weighted by molar-refractivity contribution is 6.07. The molecule has 0 bridgehead atoms. The zero-order valence-electron chi connectivity index (χ0n) is 11.0. The molecule has 0 aliphatic heterocycles. The summed E-state index contributed by atoms with van der Waals surface area (Å²) in [6.07, 6.45) is 8.24. The molecule has 100 valence electrons. The molecule has 20 heavy (non-hydrogen) atoms. The Bertz CT molecular complexity index is 741. The molecule has 4 rings (SSSR count). The third-order valence-electron chi connectivity index (χ3n) is 4.30. The standard InChI is InChI=1S/C16H15N3O/c20-16(13-9-17-14-7-2-1-5-12(13)14)19-18-15-8-10-4-3-6-11(10)15/h1-5,7,9-11,17H,6,8H2,(H,19,20)/b18-15+. The maximum absolute atomic E-state index is 12.2. The first-order valence-corrected chi connectivity index (χ1v) is 6.92. The predicted molar refractivity (Wildman–Crippen MR) is 78.6 cm³/mol. The first-order valence-electron chi connectivity index (χ1n) is 6.92. The van der Waals surface area contributed by atoms with Crippen LogP contribution in [0.2, 0.25) is 0 Å². The van der Waals surface area contributed by atoms with Crippen LogP contribution >= 0.6 is 0 Å². The van der Waals surface area contributed by atoms with E-state index in [4.69, 9.17) is 0 Å². The maximum Gasteiger partial charge on any atom is 0.273 e. The monoisotopic (exact) mass is 265 g/mol. The van der Waals surface area contributed by atoms with E-state index in [2.05, 4.69) is 27.7 Å². The highest BCUT2D eigenvalue weighted by Crippen LogP contribution is 2.40. The molecule has 1 aromatic heterocycles. The summed E-state index contributed by atoms with van der Waals surface area (Å²) in [6, 6.07) is 7.77. The molecule has 1 fully saturated rings. The van der Waals surface area contributed by atoms with Crippen molar-refractivity contribution in [3.05, 3.63) is 48.2 Å². The Morgan fingerprint density at radius 2 is 2.25 bits per heavy atom. The van der Waals surface area contributed by atoms with Gasteiger partial charge in [-0.1, -0.05) is 30.4 Å². The number of hydrazone groups is 1. The fourth-order valence-corrected chi connectivity index (χ4v) is 3.11. The fraction of sp³-hybridized carbons (Fsp3) is 0.250. The van der Waals surface area contributed by atoms with Gasteiger partial charge in [-0.3, -0.25) is 4.79 Å². The molecule has 2 N–H and O–H groups in total.